The Morgan fingerprint density at radius 2 is 1.69 bits per heavy atom. The van der Waals surface area contributed by atoms with Crippen molar-refractivity contribution in [2.24, 2.45) is 0 Å². The minimum absolute atomic E-state index is 0.293. The molecule has 0 aliphatic heterocycles. The molecule has 0 heterocycles. The van der Waals surface area contributed by atoms with Crippen LogP contribution in [0.5, 0.6) is 23.0 Å². The molecule has 29 heavy (non-hydrogen) atoms. The number of amides is 1. The number of hydrogen-bond donors (Lipinski definition) is 2. The molecule has 8 heteroatoms. The van der Waals surface area contributed by atoms with Crippen LogP contribution in [0.3, 0.4) is 0 Å². The lowest BCUT2D eigenvalue weighted by Crippen LogP contribution is -2.34. The van der Waals surface area contributed by atoms with Gasteiger partial charge in [-0.25, -0.2) is 0 Å². The van der Waals surface area contributed by atoms with Crippen molar-refractivity contribution in [2.75, 3.05) is 27.4 Å². The molecule has 8 nitrogen and oxygen atoms in total. The first-order valence-corrected chi connectivity index (χ1v) is 9.06. The second kappa shape index (κ2) is 10.8. The Morgan fingerprint density at radius 3 is 2.28 bits per heavy atom. The van der Waals surface area contributed by atoms with E-state index in [1.165, 1.54) is 14.2 Å². The summed E-state index contributed by atoms with van der Waals surface area (Å²) in [5.74, 6) is 0.402. The van der Waals surface area contributed by atoms with E-state index in [4.69, 9.17) is 18.9 Å². The van der Waals surface area contributed by atoms with Gasteiger partial charge in [0.25, 0.3) is 5.91 Å². The standard InChI is InChI=1S/C21H25NO7/c1-4-28-17-7-5-6-8-18(17)29-13-20(23)22-16(12-21(24)25)15-10-9-14(26-2)11-19(15)27-3/h5-11,16H,4,12-13H2,1-3H3,(H,22,23)(H,24,25). The minimum Gasteiger partial charge on any atom is -0.497 e. The van der Waals surface area contributed by atoms with Crippen molar-refractivity contribution < 1.29 is 33.6 Å². The number of carbonyl (C=O) groups is 2. The number of hydrogen-bond acceptors (Lipinski definition) is 6. The first-order valence-electron chi connectivity index (χ1n) is 9.06. The number of ether oxygens (including phenoxy) is 4. The Bertz CT molecular complexity index is 838. The third-order valence-electron chi connectivity index (χ3n) is 4.04. The Labute approximate surface area is 169 Å². The third kappa shape index (κ3) is 6.31. The van der Waals surface area contributed by atoms with E-state index in [0.29, 0.717) is 35.2 Å². The molecule has 0 saturated carbocycles. The third-order valence-corrected chi connectivity index (χ3v) is 4.04. The second-order valence-electron chi connectivity index (χ2n) is 5.99. The summed E-state index contributed by atoms with van der Waals surface area (Å²) < 4.78 is 21.5. The zero-order valence-corrected chi connectivity index (χ0v) is 16.6. The number of nitrogens with one attached hydrogen (secondary N) is 1. The van der Waals surface area contributed by atoms with Gasteiger partial charge in [-0.15, -0.1) is 0 Å². The SMILES string of the molecule is CCOc1ccccc1OCC(=O)NC(CC(=O)O)c1ccc(OC)cc1OC. The number of para-hydroxylation sites is 2. The Hall–Kier alpha value is -3.42. The zero-order valence-electron chi connectivity index (χ0n) is 16.6. The van der Waals surface area contributed by atoms with E-state index >= 15 is 0 Å². The van der Waals surface area contributed by atoms with Crippen LogP contribution in [-0.4, -0.2) is 44.4 Å². The van der Waals surface area contributed by atoms with E-state index in [0.717, 1.165) is 0 Å². The summed E-state index contributed by atoms with van der Waals surface area (Å²) >= 11 is 0. The summed E-state index contributed by atoms with van der Waals surface area (Å²) in [6.07, 6.45) is -0.316. The molecule has 156 valence electrons. The van der Waals surface area contributed by atoms with Gasteiger partial charge in [0.15, 0.2) is 18.1 Å². The average molecular weight is 403 g/mol. The van der Waals surface area contributed by atoms with E-state index in [-0.39, 0.29) is 13.0 Å². The van der Waals surface area contributed by atoms with Crippen LogP contribution < -0.4 is 24.3 Å². The molecule has 0 aromatic heterocycles. The van der Waals surface area contributed by atoms with Gasteiger partial charge < -0.3 is 29.4 Å². The van der Waals surface area contributed by atoms with Gasteiger partial charge in [-0.2, -0.15) is 0 Å². The van der Waals surface area contributed by atoms with Crippen LogP contribution in [0.25, 0.3) is 0 Å². The number of methoxy groups -OCH3 is 2. The average Bonchev–Trinajstić information content (AvgIpc) is 2.72. The van der Waals surface area contributed by atoms with Crippen LogP contribution in [0.2, 0.25) is 0 Å². The van der Waals surface area contributed by atoms with E-state index < -0.39 is 17.9 Å². The molecular weight excluding hydrogens is 378 g/mol. The zero-order chi connectivity index (χ0) is 21.2. The summed E-state index contributed by atoms with van der Waals surface area (Å²) in [6.45, 7) is 2.02. The number of carboxylic acids is 1. The molecule has 2 aromatic carbocycles. The monoisotopic (exact) mass is 403 g/mol. The van der Waals surface area contributed by atoms with Gasteiger partial charge in [-0.3, -0.25) is 9.59 Å². The van der Waals surface area contributed by atoms with Crippen molar-refractivity contribution in [1.82, 2.24) is 5.32 Å². The fraction of sp³-hybridized carbons (Fsp3) is 0.333. The molecular formula is C21H25NO7. The predicted molar refractivity (Wildman–Crippen MR) is 106 cm³/mol. The Balaban J connectivity index is 2.12. The topological polar surface area (TPSA) is 103 Å². The molecule has 2 rings (SSSR count). The van der Waals surface area contributed by atoms with Crippen molar-refractivity contribution in [3.05, 3.63) is 48.0 Å². The fourth-order valence-electron chi connectivity index (χ4n) is 2.74. The van der Waals surface area contributed by atoms with Gasteiger partial charge in [-0.05, 0) is 31.2 Å². The summed E-state index contributed by atoms with van der Waals surface area (Å²) in [5.41, 5.74) is 0.527. The van der Waals surface area contributed by atoms with E-state index in [2.05, 4.69) is 5.32 Å². The van der Waals surface area contributed by atoms with Crippen LogP contribution >= 0.6 is 0 Å². The molecule has 0 radical (unpaired) electrons. The molecule has 0 saturated heterocycles. The van der Waals surface area contributed by atoms with Crippen molar-refractivity contribution in [1.29, 1.82) is 0 Å². The quantitative estimate of drug-likeness (QED) is 0.595. The molecule has 0 aliphatic carbocycles. The molecule has 1 amide bonds. The maximum Gasteiger partial charge on any atom is 0.305 e. The number of aliphatic carboxylic acids is 1. The molecule has 1 unspecified atom stereocenters. The molecule has 2 aromatic rings. The highest BCUT2D eigenvalue weighted by Gasteiger charge is 2.22. The number of rotatable bonds is 11. The molecule has 1 atom stereocenters. The lowest BCUT2D eigenvalue weighted by Gasteiger charge is -2.21. The van der Waals surface area contributed by atoms with E-state index in [1.54, 1.807) is 42.5 Å². The van der Waals surface area contributed by atoms with Crippen LogP contribution in [0.1, 0.15) is 24.9 Å². The van der Waals surface area contributed by atoms with Gasteiger partial charge in [0.05, 0.1) is 33.3 Å². The molecule has 2 N–H and O–H groups in total. The smallest absolute Gasteiger partial charge is 0.305 e. The highest BCUT2D eigenvalue weighted by atomic mass is 16.5. The largest absolute Gasteiger partial charge is 0.497 e. The second-order valence-corrected chi connectivity index (χ2v) is 5.99. The van der Waals surface area contributed by atoms with Crippen molar-refractivity contribution in [3.8, 4) is 23.0 Å². The summed E-state index contributed by atoms with van der Waals surface area (Å²) in [5, 5.41) is 12.0. The molecule has 0 aliphatic rings. The highest BCUT2D eigenvalue weighted by molar-refractivity contribution is 5.79. The van der Waals surface area contributed by atoms with E-state index in [9.17, 15) is 14.7 Å². The lowest BCUT2D eigenvalue weighted by atomic mass is 10.0. The number of benzene rings is 2. The number of carboxylic acid groups (broad SMARTS) is 1. The molecule has 0 fully saturated rings. The Morgan fingerprint density at radius 1 is 1.00 bits per heavy atom. The maximum atomic E-state index is 12.4. The van der Waals surface area contributed by atoms with E-state index in [1.807, 2.05) is 6.92 Å². The predicted octanol–water partition coefficient (Wildman–Crippen LogP) is 2.81. The Kier molecular flexibility index (Phi) is 8.14. The minimum atomic E-state index is -1.06. The summed E-state index contributed by atoms with van der Waals surface area (Å²) in [7, 11) is 2.98. The first kappa shape index (κ1) is 21.9. The normalized spacial score (nSPS) is 11.3. The van der Waals surface area contributed by atoms with Gasteiger partial charge >= 0.3 is 5.97 Å². The first-order chi connectivity index (χ1) is 14.0. The van der Waals surface area contributed by atoms with Crippen molar-refractivity contribution in [3.63, 3.8) is 0 Å². The summed E-state index contributed by atoms with van der Waals surface area (Å²) in [6, 6.07) is 11.2. The van der Waals surface area contributed by atoms with Gasteiger partial charge in [0, 0.05) is 11.6 Å². The summed E-state index contributed by atoms with van der Waals surface area (Å²) in [4.78, 5) is 23.8. The maximum absolute atomic E-state index is 12.4. The van der Waals surface area contributed by atoms with Crippen molar-refractivity contribution >= 4 is 11.9 Å². The number of carbonyl (C=O) groups excluding carboxylic acids is 1. The lowest BCUT2D eigenvalue weighted by molar-refractivity contribution is -0.137. The van der Waals surface area contributed by atoms with Crippen LogP contribution in [-0.2, 0) is 9.59 Å². The van der Waals surface area contributed by atoms with Crippen molar-refractivity contribution in [2.45, 2.75) is 19.4 Å². The van der Waals surface area contributed by atoms with Gasteiger partial charge in [0.1, 0.15) is 11.5 Å². The highest BCUT2D eigenvalue weighted by Crippen LogP contribution is 2.31. The van der Waals surface area contributed by atoms with Gasteiger partial charge in [-0.1, -0.05) is 12.1 Å². The van der Waals surface area contributed by atoms with Crippen LogP contribution in [0, 0.1) is 0 Å². The molecule has 0 spiro atoms. The molecule has 0 bridgehead atoms. The fourth-order valence-corrected chi connectivity index (χ4v) is 2.74. The van der Waals surface area contributed by atoms with Crippen LogP contribution in [0.15, 0.2) is 42.5 Å². The van der Waals surface area contributed by atoms with Crippen LogP contribution in [0.4, 0.5) is 0 Å². The van der Waals surface area contributed by atoms with Gasteiger partial charge in [0.2, 0.25) is 0 Å².